The smallest absolute Gasteiger partial charge is 0.410 e. The summed E-state index contributed by atoms with van der Waals surface area (Å²) in [6.07, 6.45) is 6.22. The minimum atomic E-state index is -1.17. The molecule has 0 spiro atoms. The summed E-state index contributed by atoms with van der Waals surface area (Å²) in [5.74, 6) is -3.02. The number of benzene rings is 1. The van der Waals surface area contributed by atoms with Crippen molar-refractivity contribution in [1.29, 1.82) is 0 Å². The van der Waals surface area contributed by atoms with Gasteiger partial charge in [0.2, 0.25) is 5.43 Å². The number of nitrogens with one attached hydrogen (secondary N) is 1. The monoisotopic (exact) mass is 517 g/mol. The van der Waals surface area contributed by atoms with Crippen LogP contribution < -0.4 is 10.7 Å². The summed E-state index contributed by atoms with van der Waals surface area (Å²) in [5.41, 5.74) is -1.29. The van der Waals surface area contributed by atoms with Gasteiger partial charge in [0.1, 0.15) is 11.2 Å². The standard InChI is InChI=1S/C27H33F2N3O5/c1-5-36-25(34)20-15-32(17-9-10-17)23-18(22(29)21(28)13-19(23)24(20)33)8-6-7-16-14-31(12-11-30-16)26(35)37-27(2,3)4/h6,8,13,15-17,30H,5,7,9-12,14H2,1-4H3/b8-6-/t16-/m1/s1. The van der Waals surface area contributed by atoms with E-state index < -0.39 is 34.7 Å². The van der Waals surface area contributed by atoms with Crippen molar-refractivity contribution >= 4 is 29.0 Å². The van der Waals surface area contributed by atoms with E-state index >= 15 is 4.39 Å². The summed E-state index contributed by atoms with van der Waals surface area (Å²) in [7, 11) is 0. The van der Waals surface area contributed by atoms with E-state index in [2.05, 4.69) is 5.32 Å². The maximum atomic E-state index is 15.1. The zero-order chi connectivity index (χ0) is 26.9. The predicted molar refractivity (Wildman–Crippen MR) is 136 cm³/mol. The molecule has 1 aromatic heterocycles. The van der Waals surface area contributed by atoms with E-state index in [1.54, 1.807) is 22.5 Å². The lowest BCUT2D eigenvalue weighted by atomic mass is 10.0. The van der Waals surface area contributed by atoms with Gasteiger partial charge in [0, 0.05) is 43.5 Å². The molecule has 1 amide bonds. The molecule has 2 aliphatic rings. The third-order valence-electron chi connectivity index (χ3n) is 6.29. The van der Waals surface area contributed by atoms with Crippen LogP contribution in [0.25, 0.3) is 17.0 Å². The van der Waals surface area contributed by atoms with Crippen LogP contribution in [0.2, 0.25) is 0 Å². The molecule has 1 aromatic carbocycles. The third-order valence-corrected chi connectivity index (χ3v) is 6.29. The lowest BCUT2D eigenvalue weighted by Gasteiger charge is -2.34. The molecule has 8 nitrogen and oxygen atoms in total. The summed E-state index contributed by atoms with van der Waals surface area (Å²) in [4.78, 5) is 39.5. The highest BCUT2D eigenvalue weighted by molar-refractivity contribution is 5.96. The number of rotatable bonds is 6. The van der Waals surface area contributed by atoms with Gasteiger partial charge >= 0.3 is 12.1 Å². The molecule has 0 bridgehead atoms. The van der Waals surface area contributed by atoms with Crippen molar-refractivity contribution in [3.8, 4) is 0 Å². The van der Waals surface area contributed by atoms with E-state index in [4.69, 9.17) is 9.47 Å². The van der Waals surface area contributed by atoms with Gasteiger partial charge in [0.05, 0.1) is 17.5 Å². The van der Waals surface area contributed by atoms with Gasteiger partial charge in [-0.25, -0.2) is 18.4 Å². The summed E-state index contributed by atoms with van der Waals surface area (Å²) >= 11 is 0. The Balaban J connectivity index is 1.64. The number of nitrogens with zero attached hydrogens (tertiary/aromatic N) is 2. The van der Waals surface area contributed by atoms with E-state index in [9.17, 15) is 18.8 Å². The lowest BCUT2D eigenvalue weighted by molar-refractivity contribution is 0.0196. The number of ether oxygens (including phenoxy) is 2. The Hall–Kier alpha value is -3.27. The number of esters is 1. The Morgan fingerprint density at radius 1 is 1.24 bits per heavy atom. The molecule has 1 aliphatic carbocycles. The molecule has 0 unspecified atom stereocenters. The molecule has 1 saturated heterocycles. The first-order valence-electron chi connectivity index (χ1n) is 12.6. The fraction of sp³-hybridized carbons (Fsp3) is 0.519. The molecule has 0 radical (unpaired) electrons. The molecule has 2 heterocycles. The van der Waals surface area contributed by atoms with Crippen molar-refractivity contribution in [2.75, 3.05) is 26.2 Å². The highest BCUT2D eigenvalue weighted by atomic mass is 19.2. The summed E-state index contributed by atoms with van der Waals surface area (Å²) in [6, 6.07) is 0.727. The van der Waals surface area contributed by atoms with Crippen molar-refractivity contribution in [3.05, 3.63) is 51.3 Å². The van der Waals surface area contributed by atoms with Crippen LogP contribution in [0.15, 0.2) is 23.1 Å². The number of pyridine rings is 1. The van der Waals surface area contributed by atoms with Crippen molar-refractivity contribution in [2.45, 2.75) is 64.6 Å². The van der Waals surface area contributed by atoms with Crippen molar-refractivity contribution in [1.82, 2.24) is 14.8 Å². The van der Waals surface area contributed by atoms with Gasteiger partial charge in [-0.1, -0.05) is 12.2 Å². The van der Waals surface area contributed by atoms with Crippen LogP contribution in [0.4, 0.5) is 13.6 Å². The van der Waals surface area contributed by atoms with E-state index in [0.29, 0.717) is 26.1 Å². The molecule has 1 aliphatic heterocycles. The highest BCUT2D eigenvalue weighted by Gasteiger charge is 2.30. The van der Waals surface area contributed by atoms with Crippen LogP contribution in [0.5, 0.6) is 0 Å². The van der Waals surface area contributed by atoms with Crippen LogP contribution >= 0.6 is 0 Å². The minimum Gasteiger partial charge on any atom is -0.462 e. The molecule has 2 fully saturated rings. The molecule has 37 heavy (non-hydrogen) atoms. The molecule has 1 saturated carbocycles. The van der Waals surface area contributed by atoms with Gasteiger partial charge in [-0.3, -0.25) is 4.79 Å². The van der Waals surface area contributed by atoms with E-state index in [1.165, 1.54) is 12.3 Å². The molecule has 1 atom stereocenters. The SMILES string of the molecule is CCOC(=O)c1cn(C2CC2)c2c(/C=C\C[C@@H]3CN(C(=O)OC(C)(C)C)CCN3)c(F)c(F)cc2c1=O. The van der Waals surface area contributed by atoms with E-state index in [0.717, 1.165) is 18.9 Å². The van der Waals surface area contributed by atoms with Crippen molar-refractivity contribution in [2.24, 2.45) is 0 Å². The minimum absolute atomic E-state index is 0.0179. The number of piperazine rings is 1. The number of hydrogen-bond acceptors (Lipinski definition) is 6. The zero-order valence-electron chi connectivity index (χ0n) is 21.6. The molecule has 10 heteroatoms. The van der Waals surface area contributed by atoms with Gasteiger partial charge in [-0.15, -0.1) is 0 Å². The zero-order valence-corrected chi connectivity index (χ0v) is 21.6. The molecule has 1 N–H and O–H groups in total. The molecule has 2 aromatic rings. The quantitative estimate of drug-likeness (QED) is 0.572. The number of fused-ring (bicyclic) bond motifs is 1. The summed E-state index contributed by atoms with van der Waals surface area (Å²) in [5, 5.41) is 3.25. The number of aromatic nitrogens is 1. The number of halogens is 2. The number of carbonyl (C=O) groups is 2. The van der Waals surface area contributed by atoms with Crippen molar-refractivity contribution < 1.29 is 27.8 Å². The lowest BCUT2D eigenvalue weighted by Crippen LogP contribution is -2.53. The summed E-state index contributed by atoms with van der Waals surface area (Å²) in [6.45, 7) is 8.63. The van der Waals surface area contributed by atoms with Gasteiger partial charge in [-0.05, 0) is 53.0 Å². The van der Waals surface area contributed by atoms with E-state index in [-0.39, 0.29) is 40.7 Å². The normalized spacial score (nSPS) is 18.4. The number of carbonyl (C=O) groups excluding carboxylic acids is 2. The van der Waals surface area contributed by atoms with Crippen molar-refractivity contribution in [3.63, 3.8) is 0 Å². The second-order valence-electron chi connectivity index (χ2n) is 10.4. The predicted octanol–water partition coefficient (Wildman–Crippen LogP) is 4.40. The first-order chi connectivity index (χ1) is 17.5. The Kier molecular flexibility index (Phi) is 7.68. The second kappa shape index (κ2) is 10.6. The Bertz CT molecular complexity index is 1290. The molecular weight excluding hydrogens is 484 g/mol. The first kappa shape index (κ1) is 26.8. The molecule has 200 valence electrons. The van der Waals surface area contributed by atoms with Crippen LogP contribution in [-0.2, 0) is 9.47 Å². The molecular formula is C27H33F2N3O5. The van der Waals surface area contributed by atoms with Gasteiger partial charge in [0.25, 0.3) is 0 Å². The molecule has 4 rings (SSSR count). The van der Waals surface area contributed by atoms with Crippen LogP contribution in [0, 0.1) is 11.6 Å². The topological polar surface area (TPSA) is 89.9 Å². The number of hydrogen-bond donors (Lipinski definition) is 1. The van der Waals surface area contributed by atoms with Crippen LogP contribution in [0.1, 0.15) is 68.9 Å². The number of amides is 1. The van der Waals surface area contributed by atoms with Crippen LogP contribution in [-0.4, -0.2) is 59.4 Å². The maximum Gasteiger partial charge on any atom is 0.410 e. The van der Waals surface area contributed by atoms with Gasteiger partial charge in [0.15, 0.2) is 11.6 Å². The summed E-state index contributed by atoms with van der Waals surface area (Å²) < 4.78 is 41.9. The van der Waals surface area contributed by atoms with Gasteiger partial charge < -0.3 is 24.3 Å². The Labute approximate surface area is 214 Å². The average Bonchev–Trinajstić information content (AvgIpc) is 3.67. The highest BCUT2D eigenvalue weighted by Crippen LogP contribution is 2.38. The Morgan fingerprint density at radius 2 is 1.97 bits per heavy atom. The largest absolute Gasteiger partial charge is 0.462 e. The Morgan fingerprint density at radius 3 is 2.62 bits per heavy atom. The van der Waals surface area contributed by atoms with Gasteiger partial charge in [-0.2, -0.15) is 0 Å². The maximum absolute atomic E-state index is 15.1. The fourth-order valence-corrected chi connectivity index (χ4v) is 4.47. The fourth-order valence-electron chi connectivity index (χ4n) is 4.47. The third kappa shape index (κ3) is 6.01. The first-order valence-corrected chi connectivity index (χ1v) is 12.6. The average molecular weight is 518 g/mol. The van der Waals surface area contributed by atoms with Crippen LogP contribution in [0.3, 0.4) is 0 Å². The van der Waals surface area contributed by atoms with E-state index in [1.807, 2.05) is 20.8 Å². The second-order valence-corrected chi connectivity index (χ2v) is 10.4.